The van der Waals surface area contributed by atoms with E-state index in [1.807, 2.05) is 0 Å². The summed E-state index contributed by atoms with van der Waals surface area (Å²) in [4.78, 5) is 4.85. The van der Waals surface area contributed by atoms with Crippen molar-refractivity contribution in [1.29, 1.82) is 0 Å². The van der Waals surface area contributed by atoms with Crippen molar-refractivity contribution in [1.82, 2.24) is 20.4 Å². The molecule has 108 valence electrons. The molecule has 0 unspecified atom stereocenters. The van der Waals surface area contributed by atoms with E-state index in [2.05, 4.69) is 48.4 Å². The van der Waals surface area contributed by atoms with Crippen LogP contribution in [-0.2, 0) is 0 Å². The van der Waals surface area contributed by atoms with Crippen LogP contribution < -0.4 is 10.6 Å². The minimum absolute atomic E-state index is 0.621. The van der Waals surface area contributed by atoms with Crippen LogP contribution >= 0.6 is 0 Å². The smallest absolute Gasteiger partial charge is 0.0104 e. The molecule has 1 rings (SSSR count). The van der Waals surface area contributed by atoms with Gasteiger partial charge in [0.1, 0.15) is 0 Å². The lowest BCUT2D eigenvalue weighted by atomic mass is 10.2. The highest BCUT2D eigenvalue weighted by molar-refractivity contribution is 4.69. The van der Waals surface area contributed by atoms with E-state index in [4.69, 9.17) is 0 Å². The summed E-state index contributed by atoms with van der Waals surface area (Å²) < 4.78 is 0. The Morgan fingerprint density at radius 3 is 1.50 bits per heavy atom. The third kappa shape index (κ3) is 7.31. The molecule has 4 heteroatoms. The average Bonchev–Trinajstić information content (AvgIpc) is 2.33. The van der Waals surface area contributed by atoms with E-state index >= 15 is 0 Å². The molecule has 0 aliphatic carbocycles. The van der Waals surface area contributed by atoms with E-state index < -0.39 is 0 Å². The van der Waals surface area contributed by atoms with Crippen molar-refractivity contribution in [3.05, 3.63) is 0 Å². The Morgan fingerprint density at radius 1 is 0.722 bits per heavy atom. The molecule has 1 saturated heterocycles. The zero-order valence-electron chi connectivity index (χ0n) is 12.7. The Morgan fingerprint density at radius 2 is 1.11 bits per heavy atom. The average molecular weight is 256 g/mol. The lowest BCUT2D eigenvalue weighted by Crippen LogP contribution is -2.41. The molecule has 1 aliphatic rings. The predicted molar refractivity (Wildman–Crippen MR) is 79.2 cm³/mol. The number of hydrogen-bond acceptors (Lipinski definition) is 4. The fourth-order valence-electron chi connectivity index (χ4n) is 2.26. The van der Waals surface area contributed by atoms with Crippen molar-refractivity contribution in [3.63, 3.8) is 0 Å². The lowest BCUT2D eigenvalue weighted by Gasteiger charge is -2.25. The van der Waals surface area contributed by atoms with Gasteiger partial charge in [0.05, 0.1) is 0 Å². The summed E-state index contributed by atoms with van der Waals surface area (Å²) in [6.45, 7) is 11.4. The zero-order valence-corrected chi connectivity index (χ0v) is 12.7. The summed E-state index contributed by atoms with van der Waals surface area (Å²) in [5.74, 6) is 0. The van der Waals surface area contributed by atoms with Crippen LogP contribution in [0.5, 0.6) is 0 Å². The van der Waals surface area contributed by atoms with Crippen LogP contribution in [0.2, 0.25) is 0 Å². The molecule has 0 radical (unpaired) electrons. The van der Waals surface area contributed by atoms with Crippen LogP contribution in [-0.4, -0.2) is 75.2 Å². The molecule has 0 aromatic carbocycles. The molecule has 2 N–H and O–H groups in total. The highest BCUT2D eigenvalue weighted by Crippen LogP contribution is 1.97. The largest absolute Gasteiger partial charge is 0.313 e. The summed E-state index contributed by atoms with van der Waals surface area (Å²) in [6, 6.07) is 1.24. The molecule has 0 saturated carbocycles. The van der Waals surface area contributed by atoms with Crippen molar-refractivity contribution < 1.29 is 0 Å². The van der Waals surface area contributed by atoms with Gasteiger partial charge in [-0.25, -0.2) is 0 Å². The minimum atomic E-state index is 0.621. The first-order valence-corrected chi connectivity index (χ1v) is 7.41. The first-order valence-electron chi connectivity index (χ1n) is 7.41. The van der Waals surface area contributed by atoms with Gasteiger partial charge in [-0.1, -0.05) is 0 Å². The van der Waals surface area contributed by atoms with Gasteiger partial charge >= 0.3 is 0 Å². The number of rotatable bonds is 0. The van der Waals surface area contributed by atoms with E-state index in [1.165, 1.54) is 25.9 Å². The van der Waals surface area contributed by atoms with Crippen LogP contribution in [0, 0.1) is 0 Å². The second-order valence-electron chi connectivity index (χ2n) is 5.89. The molecule has 0 amide bonds. The summed E-state index contributed by atoms with van der Waals surface area (Å²) in [7, 11) is 4.44. The van der Waals surface area contributed by atoms with Gasteiger partial charge in [0.2, 0.25) is 0 Å². The number of hydrogen-bond donors (Lipinski definition) is 2. The first-order chi connectivity index (χ1) is 8.58. The van der Waals surface area contributed by atoms with Gasteiger partial charge in [-0.2, -0.15) is 0 Å². The zero-order chi connectivity index (χ0) is 13.4. The maximum absolute atomic E-state index is 3.61. The summed E-state index contributed by atoms with van der Waals surface area (Å²) in [5.41, 5.74) is 0. The van der Waals surface area contributed by atoms with E-state index in [0.717, 1.165) is 26.2 Å². The predicted octanol–water partition coefficient (Wildman–Crippen LogP) is 0.600. The van der Waals surface area contributed by atoms with Crippen LogP contribution in [0.4, 0.5) is 0 Å². The van der Waals surface area contributed by atoms with Crippen molar-refractivity contribution in [2.45, 2.75) is 38.8 Å². The van der Waals surface area contributed by atoms with E-state index in [1.54, 1.807) is 0 Å². The van der Waals surface area contributed by atoms with Crippen LogP contribution in [0.3, 0.4) is 0 Å². The van der Waals surface area contributed by atoms with E-state index in [9.17, 15) is 0 Å². The molecule has 1 fully saturated rings. The molecule has 1 aliphatic heterocycles. The van der Waals surface area contributed by atoms with Crippen molar-refractivity contribution in [2.75, 3.05) is 53.4 Å². The normalized spacial score (nSPS) is 32.0. The molecule has 2 atom stereocenters. The lowest BCUT2D eigenvalue weighted by molar-refractivity contribution is 0.272. The summed E-state index contributed by atoms with van der Waals surface area (Å²) in [6.07, 6.45) is 2.46. The number of nitrogens with zero attached hydrogens (tertiary/aromatic N) is 2. The molecule has 4 nitrogen and oxygen atoms in total. The van der Waals surface area contributed by atoms with Gasteiger partial charge in [-0.05, 0) is 53.9 Å². The monoisotopic (exact) mass is 256 g/mol. The Balaban J connectivity index is 2.36. The molecule has 0 bridgehead atoms. The molecular formula is C14H32N4. The van der Waals surface area contributed by atoms with Crippen LogP contribution in [0.1, 0.15) is 26.7 Å². The highest BCUT2D eigenvalue weighted by Gasteiger charge is 2.08. The van der Waals surface area contributed by atoms with Crippen LogP contribution in [0.25, 0.3) is 0 Å². The van der Waals surface area contributed by atoms with Gasteiger partial charge < -0.3 is 20.4 Å². The fourth-order valence-corrected chi connectivity index (χ4v) is 2.26. The van der Waals surface area contributed by atoms with Crippen molar-refractivity contribution in [2.24, 2.45) is 0 Å². The van der Waals surface area contributed by atoms with Gasteiger partial charge in [0.25, 0.3) is 0 Å². The molecule has 18 heavy (non-hydrogen) atoms. The Labute approximate surface area is 113 Å². The number of likely N-dealkylation sites (N-methyl/N-ethyl adjacent to an activating group) is 2. The van der Waals surface area contributed by atoms with Gasteiger partial charge in [0.15, 0.2) is 0 Å². The fraction of sp³-hybridized carbons (Fsp3) is 1.00. The first kappa shape index (κ1) is 15.9. The third-order valence-electron chi connectivity index (χ3n) is 3.86. The van der Waals surface area contributed by atoms with Crippen LogP contribution in [0.15, 0.2) is 0 Å². The quantitative estimate of drug-likeness (QED) is 0.664. The topological polar surface area (TPSA) is 30.5 Å². The maximum Gasteiger partial charge on any atom is 0.0104 e. The van der Waals surface area contributed by atoms with Gasteiger partial charge in [0, 0.05) is 38.3 Å². The highest BCUT2D eigenvalue weighted by atomic mass is 15.1. The summed E-state index contributed by atoms with van der Waals surface area (Å²) in [5, 5.41) is 7.23. The second kappa shape index (κ2) is 8.86. The summed E-state index contributed by atoms with van der Waals surface area (Å²) >= 11 is 0. The standard InChI is InChI=1S/C14H32N4/c1-13-5-9-17(3)12-8-16-14(2)6-10-18(4)11-7-15-13/h13-16H,5-12H2,1-4H3/t13-,14-/m0/s1. The molecular weight excluding hydrogens is 224 g/mol. The SMILES string of the molecule is C[C@H]1CCN(C)CCN[C@@H](C)CCN(C)CCN1. The molecule has 0 aromatic heterocycles. The molecule has 0 spiro atoms. The Hall–Kier alpha value is -0.160. The Bertz CT molecular complexity index is 168. The Kier molecular flexibility index (Phi) is 7.82. The van der Waals surface area contributed by atoms with Crippen molar-refractivity contribution >= 4 is 0 Å². The second-order valence-corrected chi connectivity index (χ2v) is 5.89. The maximum atomic E-state index is 3.61. The van der Waals surface area contributed by atoms with Gasteiger partial charge in [-0.15, -0.1) is 0 Å². The van der Waals surface area contributed by atoms with Gasteiger partial charge in [-0.3, -0.25) is 0 Å². The third-order valence-corrected chi connectivity index (χ3v) is 3.86. The van der Waals surface area contributed by atoms with E-state index in [0.29, 0.717) is 12.1 Å². The van der Waals surface area contributed by atoms with E-state index in [-0.39, 0.29) is 0 Å². The number of nitrogens with one attached hydrogen (secondary N) is 2. The minimum Gasteiger partial charge on any atom is -0.313 e. The molecule has 0 aromatic rings. The molecule has 1 heterocycles. The van der Waals surface area contributed by atoms with Crippen molar-refractivity contribution in [3.8, 4) is 0 Å².